The topological polar surface area (TPSA) is 49.4 Å². The summed E-state index contributed by atoms with van der Waals surface area (Å²) in [6.45, 7) is 9.48. The Balaban J connectivity index is 1.85. The van der Waals surface area contributed by atoms with Crippen LogP contribution >= 0.6 is 0 Å². The highest BCUT2D eigenvalue weighted by Crippen LogP contribution is 2.37. The maximum Gasteiger partial charge on any atom is 0.226 e. The lowest BCUT2D eigenvalue weighted by Gasteiger charge is -2.41. The van der Waals surface area contributed by atoms with E-state index in [1.807, 2.05) is 25.7 Å². The Labute approximate surface area is 187 Å². The van der Waals surface area contributed by atoms with Gasteiger partial charge in [0.05, 0.1) is 5.41 Å². The zero-order valence-electron chi connectivity index (χ0n) is 19.4. The zero-order chi connectivity index (χ0) is 22.4. The second kappa shape index (κ2) is 10.1. The molecule has 31 heavy (non-hydrogen) atoms. The van der Waals surface area contributed by atoms with Crippen LogP contribution in [0.25, 0.3) is 11.1 Å². The van der Waals surface area contributed by atoms with Gasteiger partial charge in [-0.1, -0.05) is 55.5 Å². The Morgan fingerprint density at radius 1 is 1.06 bits per heavy atom. The molecular weight excluding hydrogens is 384 g/mol. The van der Waals surface area contributed by atoms with E-state index in [-0.39, 0.29) is 17.9 Å². The normalized spacial score (nSPS) is 15.7. The number of hydrogen-bond donors (Lipinski definition) is 1. The Hall–Kier alpha value is -2.62. The monoisotopic (exact) mass is 420 g/mol. The summed E-state index contributed by atoms with van der Waals surface area (Å²) in [4.78, 5) is 27.6. The largest absolute Gasteiger partial charge is 0.353 e. The molecule has 4 heteroatoms. The van der Waals surface area contributed by atoms with Crippen molar-refractivity contribution in [2.75, 3.05) is 13.1 Å². The number of amides is 2. The fourth-order valence-electron chi connectivity index (χ4n) is 4.59. The van der Waals surface area contributed by atoms with Crippen LogP contribution in [0.2, 0.25) is 0 Å². The summed E-state index contributed by atoms with van der Waals surface area (Å²) < 4.78 is 0. The van der Waals surface area contributed by atoms with E-state index in [2.05, 4.69) is 60.8 Å². The van der Waals surface area contributed by atoms with Gasteiger partial charge in [0.2, 0.25) is 11.8 Å². The lowest BCUT2D eigenvalue weighted by molar-refractivity contribution is -0.141. The quantitative estimate of drug-likeness (QED) is 0.674. The molecule has 1 fully saturated rings. The first kappa shape index (κ1) is 23.1. The number of hydrogen-bond acceptors (Lipinski definition) is 2. The second-order valence-electron chi connectivity index (χ2n) is 9.23. The van der Waals surface area contributed by atoms with Crippen molar-refractivity contribution in [2.24, 2.45) is 5.41 Å². The smallest absolute Gasteiger partial charge is 0.226 e. The predicted octanol–water partition coefficient (Wildman–Crippen LogP) is 5.14. The van der Waals surface area contributed by atoms with Crippen LogP contribution in [0.3, 0.4) is 0 Å². The van der Waals surface area contributed by atoms with Gasteiger partial charge in [0.15, 0.2) is 0 Å². The number of carbonyl (C=O) groups is 2. The van der Waals surface area contributed by atoms with E-state index in [4.69, 9.17) is 0 Å². The van der Waals surface area contributed by atoms with Crippen molar-refractivity contribution in [3.05, 3.63) is 59.7 Å². The molecule has 3 rings (SSSR count). The van der Waals surface area contributed by atoms with Gasteiger partial charge in [-0.15, -0.1) is 0 Å². The van der Waals surface area contributed by atoms with E-state index >= 15 is 0 Å². The average molecular weight is 421 g/mol. The molecule has 0 spiro atoms. The number of likely N-dealkylation sites (tertiary alicyclic amines) is 1. The SMILES string of the molecule is CCCC(=O)N1CCC(Cc2cccc(-c3ccccc3C)c2)(C(=O)NC(C)C)CC1. The first-order valence-electron chi connectivity index (χ1n) is 11.6. The molecule has 1 aliphatic heterocycles. The van der Waals surface area contributed by atoms with Crippen molar-refractivity contribution in [3.63, 3.8) is 0 Å². The summed E-state index contributed by atoms with van der Waals surface area (Å²) in [6.07, 6.45) is 3.55. The van der Waals surface area contributed by atoms with Crippen LogP contribution in [0.1, 0.15) is 57.6 Å². The van der Waals surface area contributed by atoms with Gasteiger partial charge >= 0.3 is 0 Å². The minimum atomic E-state index is -0.475. The molecule has 166 valence electrons. The minimum absolute atomic E-state index is 0.0995. The maximum atomic E-state index is 13.3. The molecule has 0 unspecified atom stereocenters. The average Bonchev–Trinajstić information content (AvgIpc) is 2.74. The van der Waals surface area contributed by atoms with Gasteiger partial charge in [-0.2, -0.15) is 0 Å². The lowest BCUT2D eigenvalue weighted by Crippen LogP contribution is -2.52. The molecule has 1 heterocycles. The van der Waals surface area contributed by atoms with E-state index in [0.29, 0.717) is 38.8 Å². The number of nitrogens with zero attached hydrogens (tertiary/aromatic N) is 1. The molecule has 2 aromatic rings. The lowest BCUT2D eigenvalue weighted by atomic mass is 9.72. The summed E-state index contributed by atoms with van der Waals surface area (Å²) in [5.41, 5.74) is 4.36. The summed E-state index contributed by atoms with van der Waals surface area (Å²) in [7, 11) is 0. The van der Waals surface area contributed by atoms with E-state index in [9.17, 15) is 9.59 Å². The molecular formula is C27H36N2O2. The van der Waals surface area contributed by atoms with Crippen LogP contribution in [0, 0.1) is 12.3 Å². The summed E-state index contributed by atoms with van der Waals surface area (Å²) >= 11 is 0. The summed E-state index contributed by atoms with van der Waals surface area (Å²) in [5.74, 6) is 0.327. The fourth-order valence-corrected chi connectivity index (χ4v) is 4.59. The highest BCUT2D eigenvalue weighted by atomic mass is 16.2. The van der Waals surface area contributed by atoms with Gasteiger partial charge in [0, 0.05) is 25.6 Å². The third-order valence-electron chi connectivity index (χ3n) is 6.36. The molecule has 0 saturated carbocycles. The minimum Gasteiger partial charge on any atom is -0.353 e. The van der Waals surface area contributed by atoms with Crippen molar-refractivity contribution in [1.29, 1.82) is 0 Å². The van der Waals surface area contributed by atoms with Crippen LogP contribution in [-0.4, -0.2) is 35.8 Å². The molecule has 0 bridgehead atoms. The van der Waals surface area contributed by atoms with E-state index in [0.717, 1.165) is 6.42 Å². The summed E-state index contributed by atoms with van der Waals surface area (Å²) in [5, 5.41) is 3.16. The molecule has 1 N–H and O–H groups in total. The molecule has 0 radical (unpaired) electrons. The van der Waals surface area contributed by atoms with Crippen LogP contribution in [0.5, 0.6) is 0 Å². The van der Waals surface area contributed by atoms with Crippen LogP contribution in [-0.2, 0) is 16.0 Å². The van der Waals surface area contributed by atoms with E-state index < -0.39 is 5.41 Å². The van der Waals surface area contributed by atoms with Gasteiger partial charge in [-0.25, -0.2) is 0 Å². The highest BCUT2D eigenvalue weighted by molar-refractivity contribution is 5.84. The van der Waals surface area contributed by atoms with Gasteiger partial charge in [-0.3, -0.25) is 9.59 Å². The molecule has 2 amide bonds. The molecule has 1 saturated heterocycles. The second-order valence-corrected chi connectivity index (χ2v) is 9.23. The van der Waals surface area contributed by atoms with Crippen LogP contribution in [0.4, 0.5) is 0 Å². The molecule has 0 aliphatic carbocycles. The van der Waals surface area contributed by atoms with Gasteiger partial charge < -0.3 is 10.2 Å². The van der Waals surface area contributed by atoms with Gasteiger partial charge in [0.1, 0.15) is 0 Å². The van der Waals surface area contributed by atoms with Gasteiger partial charge in [-0.05, 0) is 68.7 Å². The predicted molar refractivity (Wildman–Crippen MR) is 127 cm³/mol. The van der Waals surface area contributed by atoms with Crippen molar-refractivity contribution >= 4 is 11.8 Å². The third-order valence-corrected chi connectivity index (χ3v) is 6.36. The van der Waals surface area contributed by atoms with Crippen LogP contribution in [0.15, 0.2) is 48.5 Å². The van der Waals surface area contributed by atoms with Crippen molar-refractivity contribution in [3.8, 4) is 11.1 Å². The third kappa shape index (κ3) is 5.55. The van der Waals surface area contributed by atoms with Crippen molar-refractivity contribution in [2.45, 2.75) is 65.8 Å². The van der Waals surface area contributed by atoms with Gasteiger partial charge in [0.25, 0.3) is 0 Å². The molecule has 1 aliphatic rings. The molecule has 4 nitrogen and oxygen atoms in total. The van der Waals surface area contributed by atoms with Crippen LogP contribution < -0.4 is 5.32 Å². The Morgan fingerprint density at radius 3 is 2.42 bits per heavy atom. The molecule has 2 aromatic carbocycles. The highest BCUT2D eigenvalue weighted by Gasteiger charge is 2.42. The first-order chi connectivity index (χ1) is 14.8. The standard InChI is InChI=1S/C27H36N2O2/c1-5-9-25(30)29-16-14-27(15-17-29,26(31)28-20(2)3)19-22-11-8-12-23(18-22)24-13-7-6-10-21(24)4/h6-8,10-13,18,20H,5,9,14-17,19H2,1-4H3,(H,28,31). The number of benzene rings is 2. The fraction of sp³-hybridized carbons (Fsp3) is 0.481. The Bertz CT molecular complexity index is 911. The first-order valence-corrected chi connectivity index (χ1v) is 11.6. The van der Waals surface area contributed by atoms with Crippen molar-refractivity contribution < 1.29 is 9.59 Å². The number of carbonyl (C=O) groups excluding carboxylic acids is 2. The Kier molecular flexibility index (Phi) is 7.53. The molecule has 0 atom stereocenters. The summed E-state index contributed by atoms with van der Waals surface area (Å²) in [6, 6.07) is 17.1. The van der Waals surface area contributed by atoms with Crippen molar-refractivity contribution in [1.82, 2.24) is 10.2 Å². The van der Waals surface area contributed by atoms with E-state index in [1.54, 1.807) is 0 Å². The molecule has 0 aromatic heterocycles. The Morgan fingerprint density at radius 2 is 1.77 bits per heavy atom. The van der Waals surface area contributed by atoms with E-state index in [1.165, 1.54) is 22.3 Å². The number of rotatable bonds is 7. The zero-order valence-corrected chi connectivity index (χ0v) is 19.4. The number of aryl methyl sites for hydroxylation is 1. The number of nitrogens with one attached hydrogen (secondary N) is 1. The number of piperidine rings is 1. The maximum absolute atomic E-state index is 13.3.